The van der Waals surface area contributed by atoms with Crippen molar-refractivity contribution in [3.05, 3.63) is 47.5 Å². The topological polar surface area (TPSA) is 149 Å². The Morgan fingerprint density at radius 3 is 2.54 bits per heavy atom. The monoisotopic (exact) mass is 355 g/mol. The summed E-state index contributed by atoms with van der Waals surface area (Å²) in [4.78, 5) is 27.3. The van der Waals surface area contributed by atoms with Gasteiger partial charge in [-0.3, -0.25) is 25.4 Å². The second-order valence-electron chi connectivity index (χ2n) is 5.69. The molecule has 2 aromatic rings. The molecule has 0 saturated carbocycles. The lowest BCUT2D eigenvalue weighted by molar-refractivity contribution is -0.120. The summed E-state index contributed by atoms with van der Waals surface area (Å²) in [6, 6.07) is 9.63. The Hall–Kier alpha value is -3.75. The third kappa shape index (κ3) is 3.83. The standard InChI is InChI=1S/C17H17N5O4/c18-12-5-9(6-13(23)16(12)26)7-14(24)20-11-3-1-10(2-4-11)17-19-8-15(25)21-22-17/h1-6,23,26H,7-8,18H2,(H,19,22)(H,20,24)(H,21,25). The van der Waals surface area contributed by atoms with Crippen LogP contribution in [0.3, 0.4) is 0 Å². The molecule has 1 aliphatic rings. The summed E-state index contributed by atoms with van der Waals surface area (Å²) in [5.41, 5.74) is 12.6. The van der Waals surface area contributed by atoms with Crippen molar-refractivity contribution in [3.8, 4) is 11.5 Å². The number of carbonyl (C=O) groups is 2. The molecule has 9 heteroatoms. The van der Waals surface area contributed by atoms with Crippen molar-refractivity contribution in [1.82, 2.24) is 10.9 Å². The van der Waals surface area contributed by atoms with Crippen molar-refractivity contribution < 1.29 is 19.8 Å². The van der Waals surface area contributed by atoms with Crippen LogP contribution in [0.1, 0.15) is 11.1 Å². The Morgan fingerprint density at radius 1 is 1.19 bits per heavy atom. The fourth-order valence-electron chi connectivity index (χ4n) is 2.43. The van der Waals surface area contributed by atoms with Gasteiger partial charge in [0.25, 0.3) is 5.91 Å². The zero-order chi connectivity index (χ0) is 18.7. The quantitative estimate of drug-likeness (QED) is 0.342. The molecule has 26 heavy (non-hydrogen) atoms. The number of phenols is 2. The second-order valence-corrected chi connectivity index (χ2v) is 5.69. The molecule has 0 aliphatic carbocycles. The number of rotatable bonds is 4. The van der Waals surface area contributed by atoms with Crippen LogP contribution in [0.2, 0.25) is 0 Å². The zero-order valence-electron chi connectivity index (χ0n) is 13.6. The van der Waals surface area contributed by atoms with Gasteiger partial charge in [0.05, 0.1) is 12.1 Å². The van der Waals surface area contributed by atoms with Gasteiger partial charge in [-0.2, -0.15) is 0 Å². The third-order valence-corrected chi connectivity index (χ3v) is 3.69. The number of amidine groups is 1. The van der Waals surface area contributed by atoms with Crippen LogP contribution < -0.4 is 21.9 Å². The molecule has 0 radical (unpaired) electrons. The number of phenolic OH excluding ortho intramolecular Hbond substituents is 2. The van der Waals surface area contributed by atoms with Crippen LogP contribution in [0, 0.1) is 0 Å². The number of aliphatic imine (C=N–C) groups is 1. The summed E-state index contributed by atoms with van der Waals surface area (Å²) in [5.74, 6) is -0.746. The molecule has 134 valence electrons. The molecule has 3 rings (SSSR count). The van der Waals surface area contributed by atoms with Gasteiger partial charge in [0, 0.05) is 11.3 Å². The number of nitrogens with one attached hydrogen (secondary N) is 3. The maximum Gasteiger partial charge on any atom is 0.260 e. The van der Waals surface area contributed by atoms with Crippen molar-refractivity contribution in [1.29, 1.82) is 0 Å². The first-order chi connectivity index (χ1) is 12.4. The molecule has 0 saturated heterocycles. The number of amides is 2. The number of hydrogen-bond acceptors (Lipinski definition) is 7. The third-order valence-electron chi connectivity index (χ3n) is 3.69. The highest BCUT2D eigenvalue weighted by molar-refractivity contribution is 6.03. The molecule has 0 fully saturated rings. The van der Waals surface area contributed by atoms with E-state index in [4.69, 9.17) is 5.73 Å². The molecule has 9 nitrogen and oxygen atoms in total. The van der Waals surface area contributed by atoms with E-state index >= 15 is 0 Å². The molecule has 2 amide bonds. The predicted molar refractivity (Wildman–Crippen MR) is 95.6 cm³/mol. The van der Waals surface area contributed by atoms with E-state index in [1.165, 1.54) is 12.1 Å². The van der Waals surface area contributed by atoms with Crippen molar-refractivity contribution in [2.45, 2.75) is 6.42 Å². The van der Waals surface area contributed by atoms with Gasteiger partial charge in [0.1, 0.15) is 12.4 Å². The van der Waals surface area contributed by atoms with Gasteiger partial charge in [-0.25, -0.2) is 0 Å². The molecule has 1 aliphatic heterocycles. The van der Waals surface area contributed by atoms with E-state index in [0.29, 0.717) is 17.1 Å². The minimum absolute atomic E-state index is 0.00463. The van der Waals surface area contributed by atoms with Crippen molar-refractivity contribution in [2.24, 2.45) is 4.99 Å². The fourth-order valence-corrected chi connectivity index (χ4v) is 2.43. The molecule has 7 N–H and O–H groups in total. The zero-order valence-corrected chi connectivity index (χ0v) is 13.6. The van der Waals surface area contributed by atoms with E-state index in [-0.39, 0.29) is 36.2 Å². The average molecular weight is 355 g/mol. The Kier molecular flexibility index (Phi) is 4.61. The largest absolute Gasteiger partial charge is 0.504 e. The lowest BCUT2D eigenvalue weighted by Crippen LogP contribution is -2.47. The number of hydrazine groups is 1. The minimum Gasteiger partial charge on any atom is -0.504 e. The molecule has 0 unspecified atom stereocenters. The first-order valence-electron chi connectivity index (χ1n) is 7.72. The Morgan fingerprint density at radius 2 is 1.92 bits per heavy atom. The van der Waals surface area contributed by atoms with Crippen molar-refractivity contribution in [3.63, 3.8) is 0 Å². The Balaban J connectivity index is 1.64. The van der Waals surface area contributed by atoms with E-state index in [2.05, 4.69) is 21.2 Å². The smallest absolute Gasteiger partial charge is 0.260 e. The summed E-state index contributed by atoms with van der Waals surface area (Å²) < 4.78 is 0. The highest BCUT2D eigenvalue weighted by Gasteiger charge is 2.13. The number of carbonyl (C=O) groups excluding carboxylic acids is 2. The number of nitrogen functional groups attached to an aromatic ring is 1. The van der Waals surface area contributed by atoms with Gasteiger partial charge in [-0.1, -0.05) is 0 Å². The summed E-state index contributed by atoms with van der Waals surface area (Å²) in [6.07, 6.45) is -0.0138. The van der Waals surface area contributed by atoms with E-state index in [9.17, 15) is 19.8 Å². The van der Waals surface area contributed by atoms with E-state index in [1.54, 1.807) is 24.3 Å². The SMILES string of the molecule is Nc1cc(CC(=O)Nc2ccc(C3=NCC(=O)NN3)cc2)cc(O)c1O. The highest BCUT2D eigenvalue weighted by Crippen LogP contribution is 2.32. The van der Waals surface area contributed by atoms with Crippen LogP contribution in [0.5, 0.6) is 11.5 Å². The number of aromatic hydroxyl groups is 2. The summed E-state index contributed by atoms with van der Waals surface area (Å²) in [7, 11) is 0. The maximum absolute atomic E-state index is 12.1. The van der Waals surface area contributed by atoms with Crippen LogP contribution in [0.15, 0.2) is 41.4 Å². The van der Waals surface area contributed by atoms with Crippen LogP contribution in [0.4, 0.5) is 11.4 Å². The molecule has 0 aromatic heterocycles. The normalized spacial score (nSPS) is 13.4. The lowest BCUT2D eigenvalue weighted by atomic mass is 10.1. The van der Waals surface area contributed by atoms with Crippen molar-refractivity contribution >= 4 is 29.0 Å². The second kappa shape index (κ2) is 7.01. The number of benzene rings is 2. The van der Waals surface area contributed by atoms with Crippen molar-refractivity contribution in [2.75, 3.05) is 17.6 Å². The Labute approximate surface area is 148 Å². The number of nitrogens with zero attached hydrogens (tertiary/aromatic N) is 1. The molecule has 1 heterocycles. The van der Waals surface area contributed by atoms with Crippen LogP contribution >= 0.6 is 0 Å². The molecule has 0 atom stereocenters. The van der Waals surface area contributed by atoms with Gasteiger partial charge in [-0.15, -0.1) is 0 Å². The minimum atomic E-state index is -0.403. The van der Waals surface area contributed by atoms with Crippen LogP contribution in [0.25, 0.3) is 0 Å². The van der Waals surface area contributed by atoms with Gasteiger partial charge < -0.3 is 21.3 Å². The van der Waals surface area contributed by atoms with Gasteiger partial charge >= 0.3 is 0 Å². The Bertz CT molecular complexity index is 870. The van der Waals surface area contributed by atoms with E-state index < -0.39 is 5.75 Å². The summed E-state index contributed by atoms with van der Waals surface area (Å²) in [5, 5.41) is 21.7. The molecule has 2 aromatic carbocycles. The van der Waals surface area contributed by atoms with Gasteiger partial charge in [-0.05, 0) is 42.0 Å². The predicted octanol–water partition coefficient (Wildman–Crippen LogP) is 0.242. The number of hydrogen-bond donors (Lipinski definition) is 6. The fraction of sp³-hybridized carbons (Fsp3) is 0.118. The first-order valence-corrected chi connectivity index (χ1v) is 7.72. The summed E-state index contributed by atoms with van der Waals surface area (Å²) >= 11 is 0. The summed E-state index contributed by atoms with van der Waals surface area (Å²) in [6.45, 7) is 0.0590. The van der Waals surface area contributed by atoms with Crippen LogP contribution in [-0.4, -0.2) is 34.4 Å². The highest BCUT2D eigenvalue weighted by atomic mass is 16.3. The average Bonchev–Trinajstić information content (AvgIpc) is 2.61. The number of nitrogens with two attached hydrogens (primary N) is 1. The molecular formula is C17H17N5O4. The lowest BCUT2D eigenvalue weighted by Gasteiger charge is -2.15. The van der Waals surface area contributed by atoms with Crippen LogP contribution in [-0.2, 0) is 16.0 Å². The number of anilines is 2. The van der Waals surface area contributed by atoms with E-state index in [1.807, 2.05) is 0 Å². The van der Waals surface area contributed by atoms with Gasteiger partial charge in [0.15, 0.2) is 11.5 Å². The first kappa shape index (κ1) is 17.1. The van der Waals surface area contributed by atoms with Gasteiger partial charge in [0.2, 0.25) is 5.91 Å². The molecule has 0 spiro atoms. The molecular weight excluding hydrogens is 338 g/mol. The molecule has 0 bridgehead atoms. The van der Waals surface area contributed by atoms with E-state index in [0.717, 1.165) is 5.56 Å². The maximum atomic E-state index is 12.1.